The van der Waals surface area contributed by atoms with E-state index in [4.69, 9.17) is 23.7 Å². The molecule has 10 heteroatoms. The number of aliphatic hydroxyl groups is 1. The number of fused-ring (bicyclic) bond motifs is 2. The molecule has 0 radical (unpaired) electrons. The molecule has 0 aliphatic carbocycles. The zero-order chi connectivity index (χ0) is 24.4. The third-order valence-corrected chi connectivity index (χ3v) is 5.31. The fraction of sp³-hybridized carbons (Fsp3) is 0.391. The van der Waals surface area contributed by atoms with E-state index in [-0.39, 0.29) is 87.8 Å². The summed E-state index contributed by atoms with van der Waals surface area (Å²) in [5.41, 5.74) is -0.00295. The second kappa shape index (κ2) is 9.61. The minimum Gasteiger partial charge on any atom is -0.514 e. The van der Waals surface area contributed by atoms with Gasteiger partial charge in [0.2, 0.25) is 0 Å². The van der Waals surface area contributed by atoms with Gasteiger partial charge in [-0.3, -0.25) is 4.79 Å². The molecular formula is C23H26O9Si. The third-order valence-electron chi connectivity index (χ3n) is 4.96. The second-order valence-electron chi connectivity index (χ2n) is 6.98. The van der Waals surface area contributed by atoms with E-state index in [1.165, 1.54) is 16.8 Å². The molecule has 1 aliphatic rings. The normalized spacial score (nSPS) is 12.4. The fourth-order valence-electron chi connectivity index (χ4n) is 3.96. The molecule has 0 aromatic heterocycles. The van der Waals surface area contributed by atoms with Gasteiger partial charge in [-0.05, 0) is 34.6 Å². The SMILES string of the molecule is CCOc1c(C(C)=O)c(C(O)=[SiH2])c(OCC)c2c(OCC)c3c(c(OCC)c12)C(=O)OC3=O. The second-order valence-corrected chi connectivity index (χ2v) is 7.65. The average Bonchev–Trinajstić information content (AvgIpc) is 3.04. The molecule has 2 aromatic rings. The number of cyclic esters (lactones) is 2. The highest BCUT2D eigenvalue weighted by Gasteiger charge is 2.42. The zero-order valence-electron chi connectivity index (χ0n) is 19.2. The summed E-state index contributed by atoms with van der Waals surface area (Å²) >= 11 is 0. The van der Waals surface area contributed by atoms with Crippen molar-refractivity contribution in [2.45, 2.75) is 34.6 Å². The molecule has 2 aromatic carbocycles. The van der Waals surface area contributed by atoms with Crippen LogP contribution in [0.25, 0.3) is 10.8 Å². The summed E-state index contributed by atoms with van der Waals surface area (Å²) in [5.74, 6) is -1.89. The predicted molar refractivity (Wildman–Crippen MR) is 123 cm³/mol. The summed E-state index contributed by atoms with van der Waals surface area (Å²) < 4.78 is 28.4. The van der Waals surface area contributed by atoms with Crippen molar-refractivity contribution in [3.8, 4) is 23.0 Å². The summed E-state index contributed by atoms with van der Waals surface area (Å²) in [6, 6.07) is 0. The lowest BCUT2D eigenvalue weighted by molar-refractivity contribution is 0.0441. The standard InChI is InChI=1S/C23H26O9Si/c1-6-28-17-11(10(5)24)16(23(27)33)20(31-9-4)13-12(17)18(29-7-2)14-15(19(13)30-8-3)22(26)32-21(14)25/h27H,6-9,33H2,1-5H3. The summed E-state index contributed by atoms with van der Waals surface area (Å²) in [6.07, 6.45) is 0. The fourth-order valence-corrected chi connectivity index (χ4v) is 4.29. The maximum atomic E-state index is 12.8. The molecule has 0 fully saturated rings. The molecule has 0 spiro atoms. The molecule has 33 heavy (non-hydrogen) atoms. The van der Waals surface area contributed by atoms with E-state index in [1.807, 2.05) is 0 Å². The Bertz CT molecular complexity index is 1090. The van der Waals surface area contributed by atoms with Crippen molar-refractivity contribution in [1.29, 1.82) is 0 Å². The van der Waals surface area contributed by atoms with Crippen LogP contribution in [0.1, 0.15) is 71.3 Å². The summed E-state index contributed by atoms with van der Waals surface area (Å²) in [7, 11) is 1.17. The van der Waals surface area contributed by atoms with Crippen molar-refractivity contribution >= 4 is 43.7 Å². The van der Waals surface area contributed by atoms with E-state index in [9.17, 15) is 19.5 Å². The highest BCUT2D eigenvalue weighted by atomic mass is 28.1. The number of carbonyl (C=O) groups excluding carboxylic acids is 3. The van der Waals surface area contributed by atoms with Gasteiger partial charge in [0.05, 0.1) is 53.7 Å². The van der Waals surface area contributed by atoms with Gasteiger partial charge in [0, 0.05) is 9.85 Å². The van der Waals surface area contributed by atoms with Gasteiger partial charge in [-0.25, -0.2) is 9.59 Å². The number of ether oxygens (including phenoxy) is 5. The number of esters is 2. The van der Waals surface area contributed by atoms with E-state index in [1.54, 1.807) is 27.7 Å². The molecule has 0 unspecified atom stereocenters. The number of hydrogen-bond donors (Lipinski definition) is 1. The van der Waals surface area contributed by atoms with Gasteiger partial charge in [-0.1, -0.05) is 0 Å². The lowest BCUT2D eigenvalue weighted by Crippen LogP contribution is -2.16. The van der Waals surface area contributed by atoms with Gasteiger partial charge < -0.3 is 28.8 Å². The van der Waals surface area contributed by atoms with Crippen LogP contribution in [0, 0.1) is 0 Å². The van der Waals surface area contributed by atoms with Crippen LogP contribution in [0.15, 0.2) is 0 Å². The van der Waals surface area contributed by atoms with E-state index in [0.717, 1.165) is 0 Å². The molecular weight excluding hydrogens is 448 g/mol. The molecule has 1 N–H and O–H groups in total. The quantitative estimate of drug-likeness (QED) is 0.240. The molecule has 0 amide bonds. The highest BCUT2D eigenvalue weighted by molar-refractivity contribution is 6.42. The van der Waals surface area contributed by atoms with Crippen molar-refractivity contribution in [1.82, 2.24) is 0 Å². The van der Waals surface area contributed by atoms with Crippen molar-refractivity contribution in [2.75, 3.05) is 26.4 Å². The number of aliphatic hydroxyl groups excluding tert-OH is 1. The molecule has 3 rings (SSSR count). The monoisotopic (exact) mass is 474 g/mol. The Hall–Kier alpha value is -3.40. The highest BCUT2D eigenvalue weighted by Crippen LogP contribution is 2.54. The molecule has 0 atom stereocenters. The van der Waals surface area contributed by atoms with Crippen LogP contribution in [0.2, 0.25) is 0 Å². The number of Topliss-reactive ketones (excluding diaryl/α,β-unsaturated/α-hetero) is 1. The Morgan fingerprint density at radius 2 is 1.12 bits per heavy atom. The van der Waals surface area contributed by atoms with Crippen LogP contribution in [-0.2, 0) is 4.74 Å². The number of carbonyl (C=O) groups is 3. The van der Waals surface area contributed by atoms with Gasteiger partial charge in [-0.15, -0.1) is 0 Å². The minimum atomic E-state index is -0.887. The molecule has 0 saturated carbocycles. The average molecular weight is 475 g/mol. The van der Waals surface area contributed by atoms with Gasteiger partial charge in [-0.2, -0.15) is 0 Å². The van der Waals surface area contributed by atoms with E-state index in [0.29, 0.717) is 0 Å². The Labute approximate surface area is 193 Å². The first-order chi connectivity index (χ1) is 15.7. The van der Waals surface area contributed by atoms with Gasteiger partial charge in [0.15, 0.2) is 5.78 Å². The summed E-state index contributed by atoms with van der Waals surface area (Å²) in [5, 5.41) is 10.9. The zero-order valence-corrected chi connectivity index (χ0v) is 20.7. The van der Waals surface area contributed by atoms with E-state index >= 15 is 0 Å². The topological polar surface area (TPSA) is 118 Å². The van der Waals surface area contributed by atoms with Crippen LogP contribution in [0.4, 0.5) is 0 Å². The first-order valence-electron chi connectivity index (χ1n) is 10.6. The van der Waals surface area contributed by atoms with E-state index in [2.05, 4.69) is 0 Å². The predicted octanol–water partition coefficient (Wildman–Crippen LogP) is 2.43. The smallest absolute Gasteiger partial charge is 0.350 e. The molecule has 176 valence electrons. The van der Waals surface area contributed by atoms with Crippen LogP contribution in [0.5, 0.6) is 23.0 Å². The third kappa shape index (κ3) is 3.84. The molecule has 9 nitrogen and oxygen atoms in total. The number of ketones is 1. The maximum Gasteiger partial charge on any atom is 0.350 e. The number of benzene rings is 2. The Kier molecular flexibility index (Phi) is 7.06. The largest absolute Gasteiger partial charge is 0.514 e. The van der Waals surface area contributed by atoms with Crippen LogP contribution < -0.4 is 18.9 Å². The van der Waals surface area contributed by atoms with Crippen LogP contribution in [-0.4, -0.2) is 64.5 Å². The van der Waals surface area contributed by atoms with E-state index < -0.39 is 17.7 Å². The van der Waals surface area contributed by atoms with Gasteiger partial charge >= 0.3 is 11.9 Å². The number of hydrogen-bond acceptors (Lipinski definition) is 9. The maximum absolute atomic E-state index is 12.8. The van der Waals surface area contributed by atoms with Crippen LogP contribution in [0.3, 0.4) is 0 Å². The Morgan fingerprint density at radius 1 is 0.758 bits per heavy atom. The van der Waals surface area contributed by atoms with Crippen molar-refractivity contribution in [3.63, 3.8) is 0 Å². The van der Waals surface area contributed by atoms with Crippen molar-refractivity contribution < 1.29 is 43.2 Å². The first kappa shape index (κ1) is 24.2. The lowest BCUT2D eigenvalue weighted by atomic mass is 9.90. The lowest BCUT2D eigenvalue weighted by Gasteiger charge is -2.24. The van der Waals surface area contributed by atoms with Gasteiger partial charge in [0.1, 0.15) is 34.1 Å². The Morgan fingerprint density at radius 3 is 1.45 bits per heavy atom. The number of rotatable bonds is 10. The summed E-state index contributed by atoms with van der Waals surface area (Å²) in [4.78, 5) is 38.2. The van der Waals surface area contributed by atoms with Crippen molar-refractivity contribution in [3.05, 3.63) is 22.3 Å². The summed E-state index contributed by atoms with van der Waals surface area (Å²) in [6.45, 7) is 8.90. The molecule has 0 bridgehead atoms. The first-order valence-corrected chi connectivity index (χ1v) is 11.4. The van der Waals surface area contributed by atoms with Crippen LogP contribution >= 0.6 is 0 Å². The van der Waals surface area contributed by atoms with Gasteiger partial charge in [0.25, 0.3) is 0 Å². The molecule has 1 heterocycles. The molecule has 1 aliphatic heterocycles. The minimum absolute atomic E-state index is 0.0262. The molecule has 0 saturated heterocycles. The Balaban J connectivity index is 2.79. The van der Waals surface area contributed by atoms with Crippen molar-refractivity contribution in [2.24, 2.45) is 0 Å².